The first-order chi connectivity index (χ1) is 9.94. The van der Waals surface area contributed by atoms with Gasteiger partial charge in [-0.05, 0) is 48.6 Å². The van der Waals surface area contributed by atoms with Gasteiger partial charge in [-0.2, -0.15) is 0 Å². The monoisotopic (exact) mass is 288 g/mol. The standard InChI is InChI=1S/C17H14F2O2/c1-10-2-3-11(8-14(10)18)13-5-4-12(9-15(13)19)17(6-7-17)16(20)21/h2-5,8-9H,6-7H2,1H3,(H,20,21). The molecule has 0 bridgehead atoms. The number of carbonyl (C=O) groups is 1. The Kier molecular flexibility index (Phi) is 3.04. The summed E-state index contributed by atoms with van der Waals surface area (Å²) in [6.45, 7) is 1.64. The van der Waals surface area contributed by atoms with Gasteiger partial charge in [0.2, 0.25) is 0 Å². The summed E-state index contributed by atoms with van der Waals surface area (Å²) in [7, 11) is 0. The third kappa shape index (κ3) is 2.20. The van der Waals surface area contributed by atoms with Gasteiger partial charge in [-0.25, -0.2) is 8.78 Å². The minimum Gasteiger partial charge on any atom is -0.481 e. The van der Waals surface area contributed by atoms with Gasteiger partial charge >= 0.3 is 5.97 Å². The molecule has 0 aliphatic heterocycles. The molecule has 1 N–H and O–H groups in total. The maximum absolute atomic E-state index is 14.3. The molecule has 2 aromatic carbocycles. The lowest BCUT2D eigenvalue weighted by Gasteiger charge is -2.12. The number of carboxylic acids is 1. The Balaban J connectivity index is 2.02. The SMILES string of the molecule is Cc1ccc(-c2ccc(C3(C(=O)O)CC3)cc2F)cc1F. The zero-order valence-electron chi connectivity index (χ0n) is 11.5. The summed E-state index contributed by atoms with van der Waals surface area (Å²) in [5.41, 5.74) is 0.765. The molecule has 0 aromatic heterocycles. The van der Waals surface area contributed by atoms with Gasteiger partial charge in [-0.3, -0.25) is 4.79 Å². The molecule has 2 nitrogen and oxygen atoms in total. The first kappa shape index (κ1) is 13.7. The van der Waals surface area contributed by atoms with E-state index in [-0.39, 0.29) is 11.4 Å². The first-order valence-electron chi connectivity index (χ1n) is 6.74. The second-order valence-corrected chi connectivity index (χ2v) is 5.55. The van der Waals surface area contributed by atoms with Gasteiger partial charge in [-0.1, -0.05) is 24.3 Å². The zero-order valence-corrected chi connectivity index (χ0v) is 11.5. The minimum atomic E-state index is -0.933. The Morgan fingerprint density at radius 2 is 1.81 bits per heavy atom. The van der Waals surface area contributed by atoms with E-state index in [1.54, 1.807) is 25.1 Å². The van der Waals surface area contributed by atoms with Crippen molar-refractivity contribution in [3.8, 4) is 11.1 Å². The molecule has 0 amide bonds. The fraction of sp³-hybridized carbons (Fsp3) is 0.235. The van der Waals surface area contributed by atoms with Crippen LogP contribution in [0.15, 0.2) is 36.4 Å². The molecule has 0 saturated heterocycles. The number of hydrogen-bond acceptors (Lipinski definition) is 1. The molecule has 1 fully saturated rings. The molecule has 1 aliphatic rings. The molecule has 1 saturated carbocycles. The number of halogens is 2. The number of rotatable bonds is 3. The average molecular weight is 288 g/mol. The molecule has 1 aliphatic carbocycles. The lowest BCUT2D eigenvalue weighted by Crippen LogP contribution is -2.19. The van der Waals surface area contributed by atoms with Crippen molar-refractivity contribution in [2.45, 2.75) is 25.2 Å². The molecular formula is C17H14F2O2. The maximum Gasteiger partial charge on any atom is 0.314 e. The van der Waals surface area contributed by atoms with Crippen molar-refractivity contribution in [1.29, 1.82) is 0 Å². The van der Waals surface area contributed by atoms with E-state index >= 15 is 0 Å². The van der Waals surface area contributed by atoms with Crippen molar-refractivity contribution in [3.63, 3.8) is 0 Å². The van der Waals surface area contributed by atoms with Crippen LogP contribution in [0.3, 0.4) is 0 Å². The molecule has 0 spiro atoms. The highest BCUT2D eigenvalue weighted by Crippen LogP contribution is 2.49. The lowest BCUT2D eigenvalue weighted by atomic mass is 9.93. The summed E-state index contributed by atoms with van der Waals surface area (Å²) in [6, 6.07) is 8.94. The summed E-state index contributed by atoms with van der Waals surface area (Å²) >= 11 is 0. The van der Waals surface area contributed by atoms with Crippen LogP contribution in [0.4, 0.5) is 8.78 Å². The highest BCUT2D eigenvalue weighted by atomic mass is 19.1. The molecule has 108 valence electrons. The van der Waals surface area contributed by atoms with Crippen LogP contribution in [0.25, 0.3) is 11.1 Å². The molecule has 0 unspecified atom stereocenters. The number of aryl methyl sites for hydroxylation is 1. The predicted octanol–water partition coefficient (Wildman–Crippen LogP) is 4.06. The van der Waals surface area contributed by atoms with Crippen LogP contribution in [0.5, 0.6) is 0 Å². The average Bonchev–Trinajstić information content (AvgIpc) is 3.23. The van der Waals surface area contributed by atoms with E-state index in [0.717, 1.165) is 0 Å². The quantitative estimate of drug-likeness (QED) is 0.925. The number of benzene rings is 2. The van der Waals surface area contributed by atoms with Gasteiger partial charge in [0.15, 0.2) is 0 Å². The normalized spacial score (nSPS) is 15.8. The number of aliphatic carboxylic acids is 1. The molecule has 21 heavy (non-hydrogen) atoms. The summed E-state index contributed by atoms with van der Waals surface area (Å²) in [5.74, 6) is -1.83. The lowest BCUT2D eigenvalue weighted by molar-refractivity contribution is -0.140. The van der Waals surface area contributed by atoms with Gasteiger partial charge < -0.3 is 5.11 Å². The van der Waals surface area contributed by atoms with E-state index in [1.807, 2.05) is 0 Å². The Bertz CT molecular complexity index is 734. The Morgan fingerprint density at radius 3 is 2.33 bits per heavy atom. The van der Waals surface area contributed by atoms with Crippen LogP contribution in [0.1, 0.15) is 24.0 Å². The summed E-state index contributed by atoms with van der Waals surface area (Å²) in [6.07, 6.45) is 1.06. The topological polar surface area (TPSA) is 37.3 Å². The van der Waals surface area contributed by atoms with Gasteiger partial charge in [0.05, 0.1) is 5.41 Å². The van der Waals surface area contributed by atoms with E-state index < -0.39 is 17.2 Å². The van der Waals surface area contributed by atoms with E-state index in [2.05, 4.69) is 0 Å². The summed E-state index contributed by atoms with van der Waals surface area (Å²) in [5, 5.41) is 9.23. The number of hydrogen-bond donors (Lipinski definition) is 1. The second kappa shape index (κ2) is 4.65. The van der Waals surface area contributed by atoms with Crippen molar-refractivity contribution >= 4 is 5.97 Å². The fourth-order valence-corrected chi connectivity index (χ4v) is 2.56. The van der Waals surface area contributed by atoms with Crippen molar-refractivity contribution in [2.24, 2.45) is 0 Å². The molecule has 4 heteroatoms. The van der Waals surface area contributed by atoms with Crippen molar-refractivity contribution in [2.75, 3.05) is 0 Å². The maximum atomic E-state index is 14.3. The highest BCUT2D eigenvalue weighted by Gasteiger charge is 2.51. The van der Waals surface area contributed by atoms with Gasteiger partial charge in [0.1, 0.15) is 11.6 Å². The second-order valence-electron chi connectivity index (χ2n) is 5.55. The van der Waals surface area contributed by atoms with Gasteiger partial charge in [0.25, 0.3) is 0 Å². The number of carboxylic acid groups (broad SMARTS) is 1. The fourth-order valence-electron chi connectivity index (χ4n) is 2.56. The molecule has 0 atom stereocenters. The van der Waals surface area contributed by atoms with Crippen LogP contribution in [-0.4, -0.2) is 11.1 Å². The minimum absolute atomic E-state index is 0.277. The van der Waals surface area contributed by atoms with Crippen LogP contribution in [0, 0.1) is 18.6 Å². The third-order valence-electron chi connectivity index (χ3n) is 4.16. The molecule has 2 aromatic rings. The highest BCUT2D eigenvalue weighted by molar-refractivity contribution is 5.85. The third-order valence-corrected chi connectivity index (χ3v) is 4.16. The van der Waals surface area contributed by atoms with Gasteiger partial charge in [0, 0.05) is 5.56 Å². The largest absolute Gasteiger partial charge is 0.481 e. The molecular weight excluding hydrogens is 274 g/mol. The van der Waals surface area contributed by atoms with Crippen LogP contribution in [0.2, 0.25) is 0 Å². The molecule has 3 rings (SSSR count). The van der Waals surface area contributed by atoms with Crippen molar-refractivity contribution < 1.29 is 18.7 Å². The van der Waals surface area contributed by atoms with Crippen molar-refractivity contribution in [1.82, 2.24) is 0 Å². The summed E-state index contributed by atoms with van der Waals surface area (Å²) in [4.78, 5) is 11.3. The predicted molar refractivity (Wildman–Crippen MR) is 75.1 cm³/mol. The molecule has 0 heterocycles. The van der Waals surface area contributed by atoms with E-state index in [0.29, 0.717) is 29.5 Å². The van der Waals surface area contributed by atoms with Gasteiger partial charge in [-0.15, -0.1) is 0 Å². The van der Waals surface area contributed by atoms with Crippen LogP contribution >= 0.6 is 0 Å². The Hall–Kier alpha value is -2.23. The smallest absolute Gasteiger partial charge is 0.314 e. The van der Waals surface area contributed by atoms with Crippen molar-refractivity contribution in [3.05, 3.63) is 59.2 Å². The van der Waals surface area contributed by atoms with Crippen LogP contribution < -0.4 is 0 Å². The summed E-state index contributed by atoms with van der Waals surface area (Å²) < 4.78 is 27.9. The van der Waals surface area contributed by atoms with E-state index in [4.69, 9.17) is 0 Å². The van der Waals surface area contributed by atoms with Crippen LogP contribution in [-0.2, 0) is 10.2 Å². The Morgan fingerprint density at radius 1 is 1.10 bits per heavy atom. The molecule has 0 radical (unpaired) electrons. The van der Waals surface area contributed by atoms with E-state index in [9.17, 15) is 18.7 Å². The van der Waals surface area contributed by atoms with E-state index in [1.165, 1.54) is 18.2 Å². The Labute approximate surface area is 121 Å². The first-order valence-corrected chi connectivity index (χ1v) is 6.74. The zero-order chi connectivity index (χ0) is 15.2.